The minimum Gasteiger partial charge on any atom is -0.344 e. The minimum atomic E-state index is -0.768. The topological polar surface area (TPSA) is 79.3 Å². The zero-order valence-corrected chi connectivity index (χ0v) is 18.8. The molecule has 0 aliphatic heterocycles. The fraction of sp³-hybridized carbons (Fsp3) is 0.522. The van der Waals surface area contributed by atoms with Gasteiger partial charge in [0.2, 0.25) is 11.8 Å². The summed E-state index contributed by atoms with van der Waals surface area (Å²) in [5, 5.41) is 5.46. The van der Waals surface area contributed by atoms with Crippen LogP contribution in [0, 0.1) is 11.6 Å². The van der Waals surface area contributed by atoms with Crippen molar-refractivity contribution >= 4 is 17.6 Å². The Balaban J connectivity index is 1.62. The number of anilines is 1. The van der Waals surface area contributed by atoms with Crippen LogP contribution < -0.4 is 10.6 Å². The molecule has 0 radical (unpaired) electrons. The van der Waals surface area contributed by atoms with Gasteiger partial charge in [-0.2, -0.15) is 0 Å². The van der Waals surface area contributed by atoms with Gasteiger partial charge < -0.3 is 20.1 Å². The largest absolute Gasteiger partial charge is 0.344 e. The number of halogens is 2. The zero-order valence-electron chi connectivity index (χ0n) is 18.8. The Morgan fingerprint density at radius 2 is 1.91 bits per heavy atom. The third kappa shape index (κ3) is 5.91. The lowest BCUT2D eigenvalue weighted by Gasteiger charge is -2.44. The SMILES string of the molecule is CCC[C@H](NC(=O)Cc1cc(F)cc(F)c1)C(=O)Nc1cn(C2(CN(C)C)CCC2)cn1. The first-order chi connectivity index (χ1) is 15.2. The van der Waals surface area contributed by atoms with E-state index in [4.69, 9.17) is 0 Å². The van der Waals surface area contributed by atoms with Gasteiger partial charge in [-0.25, -0.2) is 13.8 Å². The number of carbonyl (C=O) groups is 2. The smallest absolute Gasteiger partial charge is 0.248 e. The molecule has 0 unspecified atom stereocenters. The van der Waals surface area contributed by atoms with E-state index >= 15 is 0 Å². The fourth-order valence-electron chi connectivity index (χ4n) is 4.23. The van der Waals surface area contributed by atoms with Crippen LogP contribution in [0.2, 0.25) is 0 Å². The third-order valence-corrected chi connectivity index (χ3v) is 5.79. The van der Waals surface area contributed by atoms with Crippen molar-refractivity contribution in [3.05, 3.63) is 47.9 Å². The summed E-state index contributed by atoms with van der Waals surface area (Å²) in [7, 11) is 4.08. The molecule has 3 rings (SSSR count). The summed E-state index contributed by atoms with van der Waals surface area (Å²) in [6, 6.07) is 2.19. The van der Waals surface area contributed by atoms with Gasteiger partial charge in [0.05, 0.1) is 18.3 Å². The zero-order chi connectivity index (χ0) is 23.3. The number of amides is 2. The normalized spacial score (nSPS) is 15.8. The van der Waals surface area contributed by atoms with E-state index in [2.05, 4.69) is 25.1 Å². The number of benzene rings is 1. The van der Waals surface area contributed by atoms with Crippen molar-refractivity contribution in [1.82, 2.24) is 19.8 Å². The average Bonchev–Trinajstić information content (AvgIpc) is 3.11. The van der Waals surface area contributed by atoms with Gasteiger partial charge in [0, 0.05) is 18.8 Å². The third-order valence-electron chi connectivity index (χ3n) is 5.79. The molecule has 7 nitrogen and oxygen atoms in total. The van der Waals surface area contributed by atoms with Gasteiger partial charge in [-0.1, -0.05) is 13.3 Å². The Morgan fingerprint density at radius 3 is 2.47 bits per heavy atom. The fourth-order valence-corrected chi connectivity index (χ4v) is 4.23. The monoisotopic (exact) mass is 447 g/mol. The van der Waals surface area contributed by atoms with Crippen LogP contribution in [0.25, 0.3) is 0 Å². The summed E-state index contributed by atoms with van der Waals surface area (Å²) in [4.78, 5) is 31.7. The van der Waals surface area contributed by atoms with Crippen molar-refractivity contribution in [2.45, 2.75) is 57.0 Å². The molecular weight excluding hydrogens is 416 g/mol. The van der Waals surface area contributed by atoms with E-state index in [-0.39, 0.29) is 23.4 Å². The maximum Gasteiger partial charge on any atom is 0.248 e. The number of hydrogen-bond acceptors (Lipinski definition) is 4. The van der Waals surface area contributed by atoms with Gasteiger partial charge in [-0.15, -0.1) is 0 Å². The minimum absolute atomic E-state index is 0.00323. The second-order valence-electron chi connectivity index (χ2n) is 8.83. The summed E-state index contributed by atoms with van der Waals surface area (Å²) in [6.07, 6.45) is 7.74. The van der Waals surface area contributed by atoms with Gasteiger partial charge in [0.1, 0.15) is 17.7 Å². The molecule has 2 amide bonds. The molecule has 174 valence electrons. The summed E-state index contributed by atoms with van der Waals surface area (Å²) in [6.45, 7) is 2.80. The van der Waals surface area contributed by atoms with Crippen LogP contribution in [0.15, 0.2) is 30.7 Å². The number of imidazole rings is 1. The quantitative estimate of drug-likeness (QED) is 0.587. The maximum atomic E-state index is 13.4. The average molecular weight is 448 g/mol. The molecule has 32 heavy (non-hydrogen) atoms. The van der Waals surface area contributed by atoms with Crippen molar-refractivity contribution in [2.75, 3.05) is 26.0 Å². The summed E-state index contributed by atoms with van der Waals surface area (Å²) < 4.78 is 28.8. The van der Waals surface area contributed by atoms with Crippen LogP contribution in [0.1, 0.15) is 44.6 Å². The molecule has 1 heterocycles. The van der Waals surface area contributed by atoms with Gasteiger partial charge in [0.15, 0.2) is 5.82 Å². The van der Waals surface area contributed by atoms with Crippen molar-refractivity contribution in [3.8, 4) is 0 Å². The van der Waals surface area contributed by atoms with Gasteiger partial charge in [-0.3, -0.25) is 9.59 Å². The molecule has 2 aromatic rings. The molecule has 9 heteroatoms. The highest BCUT2D eigenvalue weighted by molar-refractivity contribution is 5.96. The Morgan fingerprint density at radius 1 is 1.22 bits per heavy atom. The Hall–Kier alpha value is -2.81. The van der Waals surface area contributed by atoms with E-state index in [1.807, 2.05) is 27.2 Å². The highest BCUT2D eigenvalue weighted by atomic mass is 19.1. The lowest BCUT2D eigenvalue weighted by molar-refractivity contribution is -0.126. The van der Waals surface area contributed by atoms with E-state index in [0.717, 1.165) is 44.0 Å². The van der Waals surface area contributed by atoms with Crippen LogP contribution >= 0.6 is 0 Å². The summed E-state index contributed by atoms with van der Waals surface area (Å²) in [5.74, 6) is -1.91. The number of carbonyl (C=O) groups excluding carboxylic acids is 2. The van der Waals surface area contributed by atoms with E-state index in [1.54, 1.807) is 6.33 Å². The second-order valence-corrected chi connectivity index (χ2v) is 8.83. The molecule has 0 spiro atoms. The van der Waals surface area contributed by atoms with Crippen LogP contribution in [0.4, 0.5) is 14.6 Å². The Labute approximate surface area is 187 Å². The predicted molar refractivity (Wildman–Crippen MR) is 118 cm³/mol. The molecule has 1 aromatic carbocycles. The van der Waals surface area contributed by atoms with Crippen molar-refractivity contribution in [3.63, 3.8) is 0 Å². The number of rotatable bonds is 10. The molecule has 1 aromatic heterocycles. The first-order valence-electron chi connectivity index (χ1n) is 10.9. The van der Waals surface area contributed by atoms with Gasteiger partial charge >= 0.3 is 0 Å². The van der Waals surface area contributed by atoms with E-state index < -0.39 is 23.6 Å². The molecule has 1 fully saturated rings. The number of hydrogen-bond donors (Lipinski definition) is 2. The van der Waals surface area contributed by atoms with Gasteiger partial charge in [0.25, 0.3) is 0 Å². The second kappa shape index (κ2) is 10.2. The molecule has 1 saturated carbocycles. The van der Waals surface area contributed by atoms with E-state index in [9.17, 15) is 18.4 Å². The van der Waals surface area contributed by atoms with Crippen LogP contribution in [0.5, 0.6) is 0 Å². The predicted octanol–water partition coefficient (Wildman–Crippen LogP) is 3.07. The maximum absolute atomic E-state index is 13.4. The lowest BCUT2D eigenvalue weighted by atomic mass is 9.76. The molecule has 0 bridgehead atoms. The molecule has 1 aliphatic carbocycles. The van der Waals surface area contributed by atoms with Crippen LogP contribution in [-0.4, -0.2) is 52.9 Å². The highest BCUT2D eigenvalue weighted by Gasteiger charge is 2.39. The first kappa shape index (κ1) is 23.8. The number of nitrogens with zero attached hydrogens (tertiary/aromatic N) is 3. The van der Waals surface area contributed by atoms with Crippen molar-refractivity contribution < 1.29 is 18.4 Å². The van der Waals surface area contributed by atoms with Crippen LogP contribution in [0.3, 0.4) is 0 Å². The Kier molecular flexibility index (Phi) is 7.60. The molecular formula is C23H31F2N5O2. The molecule has 1 atom stereocenters. The number of likely N-dealkylation sites (N-methyl/N-ethyl adjacent to an activating group) is 1. The molecule has 0 saturated heterocycles. The highest BCUT2D eigenvalue weighted by Crippen LogP contribution is 2.40. The lowest BCUT2D eigenvalue weighted by Crippen LogP contribution is -2.47. The number of aromatic nitrogens is 2. The number of nitrogens with one attached hydrogen (secondary N) is 2. The summed E-state index contributed by atoms with van der Waals surface area (Å²) in [5.41, 5.74) is 0.206. The van der Waals surface area contributed by atoms with E-state index in [1.165, 1.54) is 0 Å². The first-order valence-corrected chi connectivity index (χ1v) is 10.9. The standard InChI is InChI=1S/C23H31F2N5O2/c1-4-6-19(27-21(31)11-16-9-17(24)12-18(25)10-16)22(32)28-20-13-30(15-26-20)23(7-5-8-23)14-29(2)3/h9-10,12-13,15,19H,4-8,11,14H2,1-3H3,(H,27,31)(H,28,32)/t19-/m0/s1. The Bertz CT molecular complexity index is 935. The molecule has 1 aliphatic rings. The van der Waals surface area contributed by atoms with Crippen LogP contribution in [-0.2, 0) is 21.5 Å². The van der Waals surface area contributed by atoms with Crippen molar-refractivity contribution in [1.29, 1.82) is 0 Å². The van der Waals surface area contributed by atoms with E-state index in [0.29, 0.717) is 18.7 Å². The molecule has 2 N–H and O–H groups in total. The van der Waals surface area contributed by atoms with Crippen molar-refractivity contribution in [2.24, 2.45) is 0 Å². The summed E-state index contributed by atoms with van der Waals surface area (Å²) >= 11 is 0. The van der Waals surface area contributed by atoms with Gasteiger partial charge in [-0.05, 0) is 57.5 Å².